The average Bonchev–Trinajstić information content (AvgIpc) is 3.28. The van der Waals surface area contributed by atoms with E-state index in [0.717, 1.165) is 0 Å². The number of aliphatic hydroxyl groups excluding tert-OH is 1. The van der Waals surface area contributed by atoms with Crippen molar-refractivity contribution in [3.8, 4) is 6.07 Å². The second-order valence-corrected chi connectivity index (χ2v) is 9.52. The minimum Gasteiger partial charge on any atom is -0.390 e. The highest BCUT2D eigenvalue weighted by Crippen LogP contribution is 2.34. The van der Waals surface area contributed by atoms with Crippen LogP contribution in [0.25, 0.3) is 10.9 Å². The number of amides is 1. The fourth-order valence-corrected chi connectivity index (χ4v) is 5.01. The minimum absolute atomic E-state index is 0.0347. The Morgan fingerprint density at radius 2 is 1.76 bits per heavy atom. The third-order valence-electron chi connectivity index (χ3n) is 6.78. The van der Waals surface area contributed by atoms with Crippen LogP contribution in [0.2, 0.25) is 5.02 Å². The molecule has 37 heavy (non-hydrogen) atoms. The summed E-state index contributed by atoms with van der Waals surface area (Å²) in [6.45, 7) is 2.23. The SMILES string of the molecule is N#Cc1ccc2nc(C(F)(F)F)nc(N3CC(O)C(N4CCN(C(=O)c5ccc(Cl)cc5)CC4)C3)c2c1. The van der Waals surface area contributed by atoms with Gasteiger partial charge in [-0.25, -0.2) is 9.97 Å². The molecule has 1 amide bonds. The molecular formula is C25H22ClF3N6O2. The van der Waals surface area contributed by atoms with Gasteiger partial charge in [0.1, 0.15) is 5.82 Å². The first kappa shape index (κ1) is 25.2. The summed E-state index contributed by atoms with van der Waals surface area (Å²) in [5.74, 6) is -1.34. The Balaban J connectivity index is 1.34. The molecular weight excluding hydrogens is 509 g/mol. The summed E-state index contributed by atoms with van der Waals surface area (Å²) in [5, 5.41) is 21.0. The lowest BCUT2D eigenvalue weighted by Gasteiger charge is -2.38. The largest absolute Gasteiger partial charge is 0.451 e. The van der Waals surface area contributed by atoms with Gasteiger partial charge in [-0.15, -0.1) is 0 Å². The first-order valence-corrected chi connectivity index (χ1v) is 12.0. The van der Waals surface area contributed by atoms with Crippen molar-refractivity contribution in [1.82, 2.24) is 19.8 Å². The maximum Gasteiger partial charge on any atom is 0.451 e. The monoisotopic (exact) mass is 530 g/mol. The van der Waals surface area contributed by atoms with Crippen LogP contribution >= 0.6 is 11.6 Å². The molecule has 2 aliphatic heterocycles. The Morgan fingerprint density at radius 3 is 2.41 bits per heavy atom. The van der Waals surface area contributed by atoms with E-state index in [1.54, 1.807) is 34.1 Å². The predicted molar refractivity (Wildman–Crippen MR) is 130 cm³/mol. The van der Waals surface area contributed by atoms with E-state index >= 15 is 0 Å². The second kappa shape index (κ2) is 9.78. The van der Waals surface area contributed by atoms with E-state index in [2.05, 4.69) is 9.97 Å². The maximum absolute atomic E-state index is 13.5. The van der Waals surface area contributed by atoms with Gasteiger partial charge < -0.3 is 14.9 Å². The number of carbonyl (C=O) groups is 1. The number of benzene rings is 2. The van der Waals surface area contributed by atoms with Crippen LogP contribution in [0.15, 0.2) is 42.5 Å². The van der Waals surface area contributed by atoms with Crippen molar-refractivity contribution >= 4 is 34.2 Å². The first-order valence-electron chi connectivity index (χ1n) is 11.6. The Bertz CT molecular complexity index is 1370. The van der Waals surface area contributed by atoms with Crippen molar-refractivity contribution in [3.05, 3.63) is 64.4 Å². The Morgan fingerprint density at radius 1 is 1.05 bits per heavy atom. The van der Waals surface area contributed by atoms with Crippen LogP contribution in [0.1, 0.15) is 21.7 Å². The minimum atomic E-state index is -4.75. The topological polar surface area (TPSA) is 96.6 Å². The Hall–Kier alpha value is -3.46. The first-order chi connectivity index (χ1) is 17.6. The Kier molecular flexibility index (Phi) is 6.66. The zero-order valence-electron chi connectivity index (χ0n) is 19.5. The van der Waals surface area contributed by atoms with E-state index < -0.39 is 18.1 Å². The number of piperazine rings is 1. The van der Waals surface area contributed by atoms with Crippen molar-refractivity contribution < 1.29 is 23.1 Å². The van der Waals surface area contributed by atoms with E-state index in [0.29, 0.717) is 42.2 Å². The van der Waals surface area contributed by atoms with Crippen LogP contribution < -0.4 is 4.90 Å². The molecule has 0 aliphatic carbocycles. The molecule has 0 spiro atoms. The lowest BCUT2D eigenvalue weighted by Crippen LogP contribution is -2.54. The van der Waals surface area contributed by atoms with Gasteiger partial charge in [-0.3, -0.25) is 9.69 Å². The van der Waals surface area contributed by atoms with E-state index in [1.807, 2.05) is 11.0 Å². The Labute approximate surface area is 215 Å². The highest BCUT2D eigenvalue weighted by atomic mass is 35.5. The molecule has 3 heterocycles. The summed E-state index contributed by atoms with van der Waals surface area (Å²) in [5.41, 5.74) is 0.885. The predicted octanol–water partition coefficient (Wildman–Crippen LogP) is 3.18. The van der Waals surface area contributed by atoms with Crippen molar-refractivity contribution in [2.75, 3.05) is 44.2 Å². The van der Waals surface area contributed by atoms with Gasteiger partial charge in [-0.2, -0.15) is 18.4 Å². The molecule has 0 bridgehead atoms. The third kappa shape index (κ3) is 5.05. The molecule has 5 rings (SSSR count). The molecule has 0 radical (unpaired) electrons. The second-order valence-electron chi connectivity index (χ2n) is 9.09. The maximum atomic E-state index is 13.5. The number of halogens is 4. The summed E-state index contributed by atoms with van der Waals surface area (Å²) < 4.78 is 40.6. The van der Waals surface area contributed by atoms with Gasteiger partial charge in [0.05, 0.1) is 29.3 Å². The van der Waals surface area contributed by atoms with Gasteiger partial charge in [0, 0.05) is 55.2 Å². The van der Waals surface area contributed by atoms with Crippen molar-refractivity contribution in [2.24, 2.45) is 0 Å². The molecule has 3 aromatic rings. The van der Waals surface area contributed by atoms with Gasteiger partial charge in [-0.05, 0) is 42.5 Å². The summed E-state index contributed by atoms with van der Waals surface area (Å²) in [4.78, 5) is 25.7. The molecule has 192 valence electrons. The van der Waals surface area contributed by atoms with Crippen molar-refractivity contribution in [2.45, 2.75) is 18.3 Å². The smallest absolute Gasteiger partial charge is 0.390 e. The van der Waals surface area contributed by atoms with Crippen LogP contribution in [0.4, 0.5) is 19.0 Å². The van der Waals surface area contributed by atoms with Crippen molar-refractivity contribution in [3.63, 3.8) is 0 Å². The standard InChI is InChI=1S/C25H22ClF3N6O2/c26-17-4-2-16(3-5-17)23(37)34-9-7-33(8-10-34)20-13-35(14-21(20)36)22-18-11-15(12-30)1-6-19(18)31-24(32-22)25(27,28)29/h1-6,11,20-21,36H,7-10,13-14H2. The quantitative estimate of drug-likeness (QED) is 0.555. The molecule has 2 atom stereocenters. The van der Waals surface area contributed by atoms with Crippen molar-refractivity contribution in [1.29, 1.82) is 5.26 Å². The van der Waals surface area contributed by atoms with E-state index in [1.165, 1.54) is 18.2 Å². The number of β-amino-alcohol motifs (C(OH)–C–C–N with tert-alkyl or cyclic N) is 1. The molecule has 2 aliphatic rings. The summed E-state index contributed by atoms with van der Waals surface area (Å²) in [6.07, 6.45) is -5.58. The number of carbonyl (C=O) groups excluding carboxylic acids is 1. The molecule has 1 N–H and O–H groups in total. The van der Waals surface area contributed by atoms with Gasteiger partial charge in [0.15, 0.2) is 0 Å². The van der Waals surface area contributed by atoms with E-state index in [9.17, 15) is 28.3 Å². The van der Waals surface area contributed by atoms with Gasteiger partial charge >= 0.3 is 6.18 Å². The number of nitrogens with zero attached hydrogens (tertiary/aromatic N) is 6. The number of hydrogen-bond donors (Lipinski definition) is 1. The highest BCUT2D eigenvalue weighted by molar-refractivity contribution is 6.30. The zero-order chi connectivity index (χ0) is 26.3. The van der Waals surface area contributed by atoms with Crippen LogP contribution in [-0.4, -0.2) is 82.2 Å². The van der Waals surface area contributed by atoms with Gasteiger partial charge in [0.2, 0.25) is 5.82 Å². The summed E-state index contributed by atoms with van der Waals surface area (Å²) in [6, 6.07) is 12.5. The fraction of sp³-hybridized carbons (Fsp3) is 0.360. The lowest BCUT2D eigenvalue weighted by molar-refractivity contribution is -0.144. The molecule has 1 aromatic heterocycles. The van der Waals surface area contributed by atoms with Crippen LogP contribution in [0.3, 0.4) is 0 Å². The molecule has 2 fully saturated rings. The van der Waals surface area contributed by atoms with Gasteiger partial charge in [-0.1, -0.05) is 11.6 Å². The number of hydrogen-bond acceptors (Lipinski definition) is 7. The van der Waals surface area contributed by atoms with E-state index in [4.69, 9.17) is 11.6 Å². The molecule has 8 nitrogen and oxygen atoms in total. The molecule has 2 saturated heterocycles. The number of nitriles is 1. The highest BCUT2D eigenvalue weighted by Gasteiger charge is 2.40. The average molecular weight is 531 g/mol. The number of aromatic nitrogens is 2. The zero-order valence-corrected chi connectivity index (χ0v) is 20.2. The molecule has 2 unspecified atom stereocenters. The van der Waals surface area contributed by atoms with Gasteiger partial charge in [0.25, 0.3) is 5.91 Å². The number of fused-ring (bicyclic) bond motifs is 1. The lowest BCUT2D eigenvalue weighted by atomic mass is 10.1. The number of aliphatic hydroxyl groups is 1. The van der Waals surface area contributed by atoms with Crippen LogP contribution in [-0.2, 0) is 6.18 Å². The fourth-order valence-electron chi connectivity index (χ4n) is 4.88. The summed E-state index contributed by atoms with van der Waals surface area (Å²) in [7, 11) is 0. The molecule has 12 heteroatoms. The third-order valence-corrected chi connectivity index (χ3v) is 7.03. The number of alkyl halides is 3. The number of anilines is 1. The normalized spacial score (nSPS) is 20.9. The molecule has 2 aromatic carbocycles. The molecule has 0 saturated carbocycles. The van der Waals surface area contributed by atoms with Crippen LogP contribution in [0, 0.1) is 11.3 Å². The van der Waals surface area contributed by atoms with E-state index in [-0.39, 0.29) is 41.9 Å². The number of rotatable bonds is 3. The van der Waals surface area contributed by atoms with Crippen LogP contribution in [0.5, 0.6) is 0 Å². The summed E-state index contributed by atoms with van der Waals surface area (Å²) >= 11 is 5.90.